The summed E-state index contributed by atoms with van der Waals surface area (Å²) in [5.74, 6) is -0.729. The van der Waals surface area contributed by atoms with Crippen molar-refractivity contribution in [3.05, 3.63) is 35.4 Å². The third kappa shape index (κ3) is 4.06. The van der Waals surface area contributed by atoms with Crippen molar-refractivity contribution < 1.29 is 14.3 Å². The van der Waals surface area contributed by atoms with Gasteiger partial charge in [-0.1, -0.05) is 18.2 Å². The number of carbonyl (C=O) groups excluding carboxylic acids is 2. The number of esters is 1. The maximum absolute atomic E-state index is 11.6. The molecule has 0 aliphatic carbocycles. The first kappa shape index (κ1) is 15.2. The molecule has 5 nitrogen and oxygen atoms in total. The number of hydrogen-bond donors (Lipinski definition) is 2. The van der Waals surface area contributed by atoms with Gasteiger partial charge in [0.1, 0.15) is 0 Å². The number of ether oxygens (including phenoxy) is 1. The van der Waals surface area contributed by atoms with Gasteiger partial charge in [-0.05, 0) is 25.5 Å². The van der Waals surface area contributed by atoms with E-state index in [0.717, 1.165) is 5.56 Å². The maximum Gasteiger partial charge on any atom is 0.338 e. The first-order chi connectivity index (χ1) is 8.88. The number of hydrogen-bond acceptors (Lipinski definition) is 4. The number of nitrogens with one attached hydrogen (secondary N) is 1. The number of nitrogens with two attached hydrogens (primary N) is 1. The number of methoxy groups -OCH3 is 1. The van der Waals surface area contributed by atoms with Crippen LogP contribution in [0.25, 0.3) is 0 Å². The lowest BCUT2D eigenvalue weighted by molar-refractivity contribution is -0.125. The molecule has 0 saturated carbocycles. The number of benzene rings is 1. The van der Waals surface area contributed by atoms with Crippen molar-refractivity contribution in [2.45, 2.75) is 20.4 Å². The van der Waals surface area contributed by atoms with E-state index in [-0.39, 0.29) is 11.9 Å². The average molecular weight is 264 g/mol. The Hall–Kier alpha value is -1.88. The van der Waals surface area contributed by atoms with Crippen molar-refractivity contribution in [2.75, 3.05) is 13.7 Å². The van der Waals surface area contributed by atoms with Crippen molar-refractivity contribution in [3.8, 4) is 0 Å². The van der Waals surface area contributed by atoms with Gasteiger partial charge in [-0.15, -0.1) is 0 Å². The van der Waals surface area contributed by atoms with Gasteiger partial charge < -0.3 is 15.8 Å². The molecule has 1 amide bonds. The minimum atomic E-state index is -0.625. The van der Waals surface area contributed by atoms with Crippen molar-refractivity contribution in [1.82, 2.24) is 5.32 Å². The Balaban J connectivity index is 2.69. The molecule has 5 heteroatoms. The second-order valence-electron chi connectivity index (χ2n) is 5.00. The lowest BCUT2D eigenvalue weighted by Gasteiger charge is -2.21. The number of carbonyl (C=O) groups is 2. The molecule has 0 fully saturated rings. The van der Waals surface area contributed by atoms with Crippen LogP contribution in [0.4, 0.5) is 0 Å². The topological polar surface area (TPSA) is 81.4 Å². The van der Waals surface area contributed by atoms with Crippen LogP contribution in [0.5, 0.6) is 0 Å². The van der Waals surface area contributed by atoms with Crippen molar-refractivity contribution in [2.24, 2.45) is 11.1 Å². The zero-order valence-corrected chi connectivity index (χ0v) is 11.5. The molecule has 19 heavy (non-hydrogen) atoms. The fraction of sp³-hybridized carbons (Fsp3) is 0.429. The molecular weight excluding hydrogens is 244 g/mol. The fourth-order valence-corrected chi connectivity index (χ4v) is 1.58. The van der Waals surface area contributed by atoms with Crippen LogP contribution in [-0.4, -0.2) is 25.5 Å². The molecule has 0 unspecified atom stereocenters. The van der Waals surface area contributed by atoms with Crippen molar-refractivity contribution >= 4 is 11.9 Å². The number of amides is 1. The molecule has 1 aromatic carbocycles. The SMILES string of the molecule is COC(=O)c1ccccc1CNCC(C)(C)C(N)=O. The van der Waals surface area contributed by atoms with Gasteiger partial charge in [0.15, 0.2) is 0 Å². The summed E-state index contributed by atoms with van der Waals surface area (Å²) < 4.78 is 4.72. The van der Waals surface area contributed by atoms with Gasteiger partial charge in [0.05, 0.1) is 18.1 Å². The normalized spacial score (nSPS) is 11.1. The molecule has 0 spiro atoms. The zero-order valence-electron chi connectivity index (χ0n) is 11.5. The lowest BCUT2D eigenvalue weighted by atomic mass is 9.92. The third-order valence-electron chi connectivity index (χ3n) is 2.97. The highest BCUT2D eigenvalue weighted by Gasteiger charge is 2.24. The summed E-state index contributed by atoms with van der Waals surface area (Å²) in [6.07, 6.45) is 0. The highest BCUT2D eigenvalue weighted by Crippen LogP contribution is 2.14. The zero-order chi connectivity index (χ0) is 14.5. The summed E-state index contributed by atoms with van der Waals surface area (Å²) in [6, 6.07) is 7.18. The van der Waals surface area contributed by atoms with Crippen molar-refractivity contribution in [3.63, 3.8) is 0 Å². The molecule has 104 valence electrons. The highest BCUT2D eigenvalue weighted by molar-refractivity contribution is 5.90. The van der Waals surface area contributed by atoms with E-state index in [0.29, 0.717) is 18.7 Å². The Morgan fingerprint density at radius 3 is 2.53 bits per heavy atom. The maximum atomic E-state index is 11.6. The second-order valence-corrected chi connectivity index (χ2v) is 5.00. The Bertz CT molecular complexity index is 470. The Morgan fingerprint density at radius 1 is 1.32 bits per heavy atom. The molecule has 1 aromatic rings. The molecule has 0 aliphatic heterocycles. The molecular formula is C14H20N2O3. The Morgan fingerprint density at radius 2 is 1.95 bits per heavy atom. The van der Waals surface area contributed by atoms with Crippen LogP contribution in [0.1, 0.15) is 29.8 Å². The van der Waals surface area contributed by atoms with Crippen LogP contribution in [0.3, 0.4) is 0 Å². The van der Waals surface area contributed by atoms with Crippen LogP contribution in [-0.2, 0) is 16.1 Å². The van der Waals surface area contributed by atoms with Crippen LogP contribution in [0.15, 0.2) is 24.3 Å². The number of primary amides is 1. The Kier molecular flexibility index (Phi) is 5.06. The largest absolute Gasteiger partial charge is 0.465 e. The van der Waals surface area contributed by atoms with Gasteiger partial charge in [-0.3, -0.25) is 4.79 Å². The minimum Gasteiger partial charge on any atom is -0.465 e. The summed E-state index contributed by atoms with van der Waals surface area (Å²) in [5.41, 5.74) is 6.02. The third-order valence-corrected chi connectivity index (χ3v) is 2.97. The van der Waals surface area contributed by atoms with Gasteiger partial charge in [0.2, 0.25) is 5.91 Å². The first-order valence-corrected chi connectivity index (χ1v) is 6.05. The molecule has 0 heterocycles. The standard InChI is InChI=1S/C14H20N2O3/c1-14(2,13(15)18)9-16-8-10-6-4-5-7-11(10)12(17)19-3/h4-7,16H,8-9H2,1-3H3,(H2,15,18). The lowest BCUT2D eigenvalue weighted by Crippen LogP contribution is -2.40. The highest BCUT2D eigenvalue weighted by atomic mass is 16.5. The van der Waals surface area contributed by atoms with Crippen LogP contribution >= 0.6 is 0 Å². The predicted octanol–water partition coefficient (Wildman–Crippen LogP) is 1.07. The molecule has 0 bridgehead atoms. The van der Waals surface area contributed by atoms with Gasteiger partial charge >= 0.3 is 5.97 Å². The monoisotopic (exact) mass is 264 g/mol. The van der Waals surface area contributed by atoms with E-state index in [1.165, 1.54) is 7.11 Å². The van der Waals surface area contributed by atoms with Crippen LogP contribution in [0, 0.1) is 5.41 Å². The molecule has 1 rings (SSSR count). The fourth-order valence-electron chi connectivity index (χ4n) is 1.58. The van der Waals surface area contributed by atoms with E-state index in [2.05, 4.69) is 5.32 Å². The van der Waals surface area contributed by atoms with Gasteiger partial charge in [-0.2, -0.15) is 0 Å². The molecule has 0 atom stereocenters. The minimum absolute atomic E-state index is 0.360. The van der Waals surface area contributed by atoms with E-state index in [4.69, 9.17) is 10.5 Å². The summed E-state index contributed by atoms with van der Waals surface area (Å²) in [6.45, 7) is 4.46. The molecule has 0 aromatic heterocycles. The number of rotatable bonds is 6. The van der Waals surface area contributed by atoms with Crippen molar-refractivity contribution in [1.29, 1.82) is 0 Å². The average Bonchev–Trinajstić information content (AvgIpc) is 2.38. The quantitative estimate of drug-likeness (QED) is 0.753. The molecule has 0 saturated heterocycles. The molecule has 3 N–H and O–H groups in total. The van der Waals surface area contributed by atoms with E-state index in [9.17, 15) is 9.59 Å². The molecule has 0 aliphatic rings. The Labute approximate surface area is 113 Å². The summed E-state index contributed by atoms with van der Waals surface area (Å²) >= 11 is 0. The van der Waals surface area contributed by atoms with E-state index in [1.807, 2.05) is 12.1 Å². The van der Waals surface area contributed by atoms with Gasteiger partial charge in [-0.25, -0.2) is 4.79 Å². The van der Waals surface area contributed by atoms with Gasteiger partial charge in [0.25, 0.3) is 0 Å². The van der Waals surface area contributed by atoms with E-state index < -0.39 is 5.41 Å². The van der Waals surface area contributed by atoms with E-state index in [1.54, 1.807) is 26.0 Å². The summed E-state index contributed by atoms with van der Waals surface area (Å²) in [7, 11) is 1.35. The van der Waals surface area contributed by atoms with E-state index >= 15 is 0 Å². The van der Waals surface area contributed by atoms with Crippen LogP contribution < -0.4 is 11.1 Å². The predicted molar refractivity (Wildman–Crippen MR) is 72.5 cm³/mol. The smallest absolute Gasteiger partial charge is 0.338 e. The van der Waals surface area contributed by atoms with Crippen LogP contribution in [0.2, 0.25) is 0 Å². The van der Waals surface area contributed by atoms with Gasteiger partial charge in [0, 0.05) is 13.1 Å². The molecule has 0 radical (unpaired) electrons. The second kappa shape index (κ2) is 6.33. The first-order valence-electron chi connectivity index (χ1n) is 6.05. The summed E-state index contributed by atoms with van der Waals surface area (Å²) in [5, 5.41) is 3.13. The summed E-state index contributed by atoms with van der Waals surface area (Å²) in [4.78, 5) is 22.8.